The highest BCUT2D eigenvalue weighted by Crippen LogP contribution is 2.24. The van der Waals surface area contributed by atoms with Crippen LogP contribution in [0.4, 0.5) is 0 Å². The SMILES string of the molecule is CCCCN=C(NCC)N1CCOC(c2ccccc2C)C1. The van der Waals surface area contributed by atoms with Gasteiger partial charge in [0.25, 0.3) is 0 Å². The summed E-state index contributed by atoms with van der Waals surface area (Å²) in [5, 5.41) is 3.42. The predicted octanol–water partition coefficient (Wildman–Crippen LogP) is 3.13. The van der Waals surface area contributed by atoms with Crippen LogP contribution in [-0.2, 0) is 4.74 Å². The van der Waals surface area contributed by atoms with Gasteiger partial charge < -0.3 is 15.0 Å². The van der Waals surface area contributed by atoms with Crippen LogP contribution in [0.5, 0.6) is 0 Å². The average Bonchev–Trinajstić information content (AvgIpc) is 2.55. The van der Waals surface area contributed by atoms with Crippen LogP contribution in [-0.4, -0.2) is 43.6 Å². The first kappa shape index (κ1) is 16.8. The molecular weight excluding hydrogens is 274 g/mol. The smallest absolute Gasteiger partial charge is 0.194 e. The molecule has 2 rings (SSSR count). The molecule has 0 aromatic heterocycles. The van der Waals surface area contributed by atoms with E-state index in [1.807, 2.05) is 0 Å². The molecule has 0 spiro atoms. The monoisotopic (exact) mass is 303 g/mol. The lowest BCUT2D eigenvalue weighted by atomic mass is 10.0. The van der Waals surface area contributed by atoms with Crippen LogP contribution in [0, 0.1) is 6.92 Å². The summed E-state index contributed by atoms with van der Waals surface area (Å²) in [5.41, 5.74) is 2.58. The van der Waals surface area contributed by atoms with E-state index in [0.29, 0.717) is 0 Å². The van der Waals surface area contributed by atoms with Gasteiger partial charge in [-0.25, -0.2) is 0 Å². The summed E-state index contributed by atoms with van der Waals surface area (Å²) in [6, 6.07) is 8.49. The summed E-state index contributed by atoms with van der Waals surface area (Å²) in [6.45, 7) is 10.8. The molecule has 4 nitrogen and oxygen atoms in total. The lowest BCUT2D eigenvalue weighted by molar-refractivity contribution is -0.00832. The molecule has 1 aromatic rings. The maximum absolute atomic E-state index is 6.00. The van der Waals surface area contributed by atoms with Crippen molar-refractivity contribution < 1.29 is 4.74 Å². The zero-order valence-corrected chi connectivity index (χ0v) is 14.1. The average molecular weight is 303 g/mol. The molecule has 122 valence electrons. The summed E-state index contributed by atoms with van der Waals surface area (Å²) in [5.74, 6) is 1.03. The Labute approximate surface area is 134 Å². The van der Waals surface area contributed by atoms with Crippen LogP contribution < -0.4 is 5.32 Å². The van der Waals surface area contributed by atoms with E-state index in [1.165, 1.54) is 17.5 Å². The van der Waals surface area contributed by atoms with Gasteiger partial charge in [-0.3, -0.25) is 4.99 Å². The van der Waals surface area contributed by atoms with Gasteiger partial charge in [0.15, 0.2) is 5.96 Å². The third-order valence-electron chi connectivity index (χ3n) is 4.01. The lowest BCUT2D eigenvalue weighted by Gasteiger charge is -2.35. The van der Waals surface area contributed by atoms with Crippen molar-refractivity contribution in [1.82, 2.24) is 10.2 Å². The second kappa shape index (κ2) is 8.79. The first-order valence-corrected chi connectivity index (χ1v) is 8.46. The molecule has 0 aliphatic carbocycles. The largest absolute Gasteiger partial charge is 0.370 e. The molecule has 1 aliphatic heterocycles. The normalized spacial score (nSPS) is 19.3. The first-order chi connectivity index (χ1) is 10.8. The van der Waals surface area contributed by atoms with Crippen molar-refractivity contribution in [3.8, 4) is 0 Å². The van der Waals surface area contributed by atoms with E-state index in [2.05, 4.69) is 55.3 Å². The molecular formula is C18H29N3O. The molecule has 0 saturated carbocycles. The van der Waals surface area contributed by atoms with Gasteiger partial charge in [0.05, 0.1) is 13.2 Å². The summed E-state index contributed by atoms with van der Waals surface area (Å²) < 4.78 is 6.00. The Morgan fingerprint density at radius 2 is 2.18 bits per heavy atom. The number of morpholine rings is 1. The number of nitrogens with one attached hydrogen (secondary N) is 1. The minimum Gasteiger partial charge on any atom is -0.370 e. The topological polar surface area (TPSA) is 36.9 Å². The number of aryl methyl sites for hydroxylation is 1. The van der Waals surface area contributed by atoms with E-state index >= 15 is 0 Å². The maximum Gasteiger partial charge on any atom is 0.194 e. The molecule has 1 saturated heterocycles. The second-order valence-corrected chi connectivity index (χ2v) is 5.75. The number of ether oxygens (including phenoxy) is 1. The van der Waals surface area contributed by atoms with Crippen molar-refractivity contribution >= 4 is 5.96 Å². The van der Waals surface area contributed by atoms with Crippen LogP contribution in [0.15, 0.2) is 29.3 Å². The van der Waals surface area contributed by atoms with Gasteiger partial charge in [-0.1, -0.05) is 37.6 Å². The highest BCUT2D eigenvalue weighted by Gasteiger charge is 2.24. The number of guanidine groups is 1. The Balaban J connectivity index is 2.07. The molecule has 1 heterocycles. The zero-order valence-electron chi connectivity index (χ0n) is 14.1. The maximum atomic E-state index is 6.00. The van der Waals surface area contributed by atoms with E-state index in [4.69, 9.17) is 9.73 Å². The molecule has 1 aromatic carbocycles. The van der Waals surface area contributed by atoms with Crippen molar-refractivity contribution in [2.24, 2.45) is 4.99 Å². The third-order valence-corrected chi connectivity index (χ3v) is 4.01. The number of hydrogen-bond donors (Lipinski definition) is 1. The lowest BCUT2D eigenvalue weighted by Crippen LogP contribution is -2.48. The predicted molar refractivity (Wildman–Crippen MR) is 92.3 cm³/mol. The quantitative estimate of drug-likeness (QED) is 0.516. The standard InChI is InChI=1S/C18H29N3O/c1-4-6-11-20-18(19-5-2)21-12-13-22-17(14-21)16-10-8-7-9-15(16)3/h7-10,17H,4-6,11-14H2,1-3H3,(H,19,20). The molecule has 0 bridgehead atoms. The second-order valence-electron chi connectivity index (χ2n) is 5.75. The van der Waals surface area contributed by atoms with Crippen molar-refractivity contribution in [3.63, 3.8) is 0 Å². The number of aliphatic imine (C=N–C) groups is 1. The number of nitrogens with zero attached hydrogens (tertiary/aromatic N) is 2. The van der Waals surface area contributed by atoms with Gasteiger partial charge in [-0.2, -0.15) is 0 Å². The molecule has 1 atom stereocenters. The third kappa shape index (κ3) is 4.47. The van der Waals surface area contributed by atoms with Crippen molar-refractivity contribution in [1.29, 1.82) is 0 Å². The summed E-state index contributed by atoms with van der Waals surface area (Å²) in [6.07, 6.45) is 2.45. The van der Waals surface area contributed by atoms with E-state index in [9.17, 15) is 0 Å². The highest BCUT2D eigenvalue weighted by atomic mass is 16.5. The number of hydrogen-bond acceptors (Lipinski definition) is 2. The number of unbranched alkanes of at least 4 members (excludes halogenated alkanes) is 1. The van der Waals surface area contributed by atoms with E-state index in [0.717, 1.165) is 45.2 Å². The summed E-state index contributed by atoms with van der Waals surface area (Å²) >= 11 is 0. The minimum absolute atomic E-state index is 0.130. The van der Waals surface area contributed by atoms with Gasteiger partial charge in [0.1, 0.15) is 6.10 Å². The van der Waals surface area contributed by atoms with Gasteiger partial charge in [-0.05, 0) is 31.4 Å². The van der Waals surface area contributed by atoms with Crippen LogP contribution in [0.3, 0.4) is 0 Å². The van der Waals surface area contributed by atoms with E-state index in [-0.39, 0.29) is 6.10 Å². The van der Waals surface area contributed by atoms with Gasteiger partial charge in [0, 0.05) is 19.6 Å². The summed E-state index contributed by atoms with van der Waals surface area (Å²) in [4.78, 5) is 7.09. The van der Waals surface area contributed by atoms with Crippen LogP contribution in [0.1, 0.15) is 43.9 Å². The first-order valence-electron chi connectivity index (χ1n) is 8.46. The zero-order chi connectivity index (χ0) is 15.8. The van der Waals surface area contributed by atoms with Crippen LogP contribution >= 0.6 is 0 Å². The number of rotatable bonds is 5. The van der Waals surface area contributed by atoms with Gasteiger partial charge in [0.2, 0.25) is 0 Å². The Kier molecular flexibility index (Phi) is 6.72. The molecule has 22 heavy (non-hydrogen) atoms. The fourth-order valence-corrected chi connectivity index (χ4v) is 2.75. The fraction of sp³-hybridized carbons (Fsp3) is 0.611. The molecule has 1 N–H and O–H groups in total. The Bertz CT molecular complexity index is 487. The molecule has 0 amide bonds. The fourth-order valence-electron chi connectivity index (χ4n) is 2.75. The van der Waals surface area contributed by atoms with Crippen LogP contribution in [0.2, 0.25) is 0 Å². The number of benzene rings is 1. The van der Waals surface area contributed by atoms with Gasteiger partial charge in [-0.15, -0.1) is 0 Å². The molecule has 4 heteroatoms. The van der Waals surface area contributed by atoms with Gasteiger partial charge >= 0.3 is 0 Å². The highest BCUT2D eigenvalue weighted by molar-refractivity contribution is 5.80. The van der Waals surface area contributed by atoms with E-state index < -0.39 is 0 Å². The molecule has 1 unspecified atom stereocenters. The van der Waals surface area contributed by atoms with Crippen molar-refractivity contribution in [2.75, 3.05) is 32.8 Å². The minimum atomic E-state index is 0.130. The Morgan fingerprint density at radius 3 is 2.91 bits per heavy atom. The summed E-state index contributed by atoms with van der Waals surface area (Å²) in [7, 11) is 0. The Hall–Kier alpha value is -1.55. The Morgan fingerprint density at radius 1 is 1.36 bits per heavy atom. The van der Waals surface area contributed by atoms with E-state index in [1.54, 1.807) is 0 Å². The molecule has 1 fully saturated rings. The molecule has 1 aliphatic rings. The van der Waals surface area contributed by atoms with Crippen LogP contribution in [0.25, 0.3) is 0 Å². The van der Waals surface area contributed by atoms with Crippen molar-refractivity contribution in [3.05, 3.63) is 35.4 Å². The van der Waals surface area contributed by atoms with Crippen molar-refractivity contribution in [2.45, 2.75) is 39.7 Å². The molecule has 0 radical (unpaired) electrons.